The molecule has 1 unspecified atom stereocenters. The van der Waals surface area contributed by atoms with E-state index in [0.717, 1.165) is 17.3 Å². The maximum absolute atomic E-state index is 12.2. The zero-order valence-corrected chi connectivity index (χ0v) is 13.2. The Morgan fingerprint density at radius 3 is 2.74 bits per heavy atom. The second-order valence-electron chi connectivity index (χ2n) is 4.51. The van der Waals surface area contributed by atoms with Gasteiger partial charge in [0.15, 0.2) is 5.76 Å². The van der Waals surface area contributed by atoms with E-state index in [2.05, 4.69) is 10.2 Å². The number of aromatic nitrogens is 2. The molecule has 3 aromatic rings. The van der Waals surface area contributed by atoms with Crippen molar-refractivity contribution in [2.45, 2.75) is 17.4 Å². The Morgan fingerprint density at radius 2 is 2.04 bits per heavy atom. The minimum Gasteiger partial charge on any atom is -0.465 e. The maximum Gasteiger partial charge on any atom is 0.324 e. The van der Waals surface area contributed by atoms with Crippen LogP contribution in [-0.2, 0) is 9.53 Å². The first-order valence-electron chi connectivity index (χ1n) is 7.03. The molecule has 118 valence electrons. The molecule has 7 heteroatoms. The quantitative estimate of drug-likeness (QED) is 0.503. The van der Waals surface area contributed by atoms with Gasteiger partial charge in [-0.25, -0.2) is 0 Å². The predicted molar refractivity (Wildman–Crippen MR) is 83.7 cm³/mol. The van der Waals surface area contributed by atoms with Crippen LogP contribution in [0.15, 0.2) is 62.8 Å². The standard InChI is InChI=1S/C16H14N2O4S/c1-2-20-15(19)13(11-7-4-3-5-8-11)23-16-18-17-14(22-16)12-9-6-10-21-12/h3-10,13H,2H2,1H3. The van der Waals surface area contributed by atoms with Crippen molar-refractivity contribution in [3.05, 3.63) is 54.3 Å². The van der Waals surface area contributed by atoms with Gasteiger partial charge in [-0.05, 0) is 36.4 Å². The fraction of sp³-hybridized carbons (Fsp3) is 0.188. The Kier molecular flexibility index (Phi) is 4.77. The lowest BCUT2D eigenvalue weighted by Gasteiger charge is -2.13. The molecule has 1 aromatic carbocycles. The Balaban J connectivity index is 1.82. The van der Waals surface area contributed by atoms with Crippen LogP contribution in [0.1, 0.15) is 17.7 Å². The third-order valence-corrected chi connectivity index (χ3v) is 4.03. The number of furan rings is 1. The summed E-state index contributed by atoms with van der Waals surface area (Å²) in [7, 11) is 0. The van der Waals surface area contributed by atoms with Gasteiger partial charge >= 0.3 is 5.97 Å². The molecule has 0 aliphatic heterocycles. The molecule has 0 spiro atoms. The van der Waals surface area contributed by atoms with Gasteiger partial charge in [0.2, 0.25) is 0 Å². The third-order valence-electron chi connectivity index (χ3n) is 2.96. The fourth-order valence-corrected chi connectivity index (χ4v) is 2.83. The van der Waals surface area contributed by atoms with Crippen molar-refractivity contribution in [1.29, 1.82) is 0 Å². The number of hydrogen-bond acceptors (Lipinski definition) is 7. The fourth-order valence-electron chi connectivity index (χ4n) is 1.96. The lowest BCUT2D eigenvalue weighted by molar-refractivity contribution is -0.142. The van der Waals surface area contributed by atoms with Crippen molar-refractivity contribution >= 4 is 17.7 Å². The third kappa shape index (κ3) is 3.62. The minimum atomic E-state index is -0.568. The Labute approximate surface area is 136 Å². The van der Waals surface area contributed by atoms with Crippen LogP contribution in [0.5, 0.6) is 0 Å². The number of carbonyl (C=O) groups excluding carboxylic acids is 1. The smallest absolute Gasteiger partial charge is 0.324 e. The van der Waals surface area contributed by atoms with Crippen LogP contribution in [0.2, 0.25) is 0 Å². The van der Waals surface area contributed by atoms with E-state index >= 15 is 0 Å². The summed E-state index contributed by atoms with van der Waals surface area (Å²) in [4.78, 5) is 12.2. The molecule has 0 bridgehead atoms. The molecule has 2 heterocycles. The molecule has 0 fully saturated rings. The number of ether oxygens (including phenoxy) is 1. The number of hydrogen-bond donors (Lipinski definition) is 0. The molecule has 0 radical (unpaired) electrons. The van der Waals surface area contributed by atoms with Gasteiger partial charge in [-0.1, -0.05) is 30.3 Å². The second kappa shape index (κ2) is 7.15. The molecule has 0 amide bonds. The highest BCUT2D eigenvalue weighted by Crippen LogP contribution is 2.36. The molecular weight excluding hydrogens is 316 g/mol. The van der Waals surface area contributed by atoms with E-state index in [9.17, 15) is 4.79 Å². The van der Waals surface area contributed by atoms with Crippen molar-refractivity contribution < 1.29 is 18.4 Å². The SMILES string of the molecule is CCOC(=O)C(Sc1nnc(-c2ccco2)o1)c1ccccc1. The number of rotatable bonds is 6. The highest BCUT2D eigenvalue weighted by molar-refractivity contribution is 8.00. The average molecular weight is 330 g/mol. The van der Waals surface area contributed by atoms with Gasteiger partial charge in [0.05, 0.1) is 12.9 Å². The number of esters is 1. The molecule has 0 N–H and O–H groups in total. The maximum atomic E-state index is 12.2. The first kappa shape index (κ1) is 15.4. The Morgan fingerprint density at radius 1 is 1.22 bits per heavy atom. The number of carbonyl (C=O) groups is 1. The van der Waals surface area contributed by atoms with E-state index < -0.39 is 5.25 Å². The van der Waals surface area contributed by atoms with E-state index in [0.29, 0.717) is 12.4 Å². The van der Waals surface area contributed by atoms with Crippen molar-refractivity contribution in [1.82, 2.24) is 10.2 Å². The lowest BCUT2D eigenvalue weighted by Crippen LogP contribution is -2.13. The molecule has 23 heavy (non-hydrogen) atoms. The number of thioether (sulfide) groups is 1. The molecule has 0 saturated heterocycles. The monoisotopic (exact) mass is 330 g/mol. The zero-order valence-electron chi connectivity index (χ0n) is 12.3. The van der Waals surface area contributed by atoms with Gasteiger partial charge in [-0.2, -0.15) is 0 Å². The van der Waals surface area contributed by atoms with Gasteiger partial charge in [0.25, 0.3) is 11.1 Å². The zero-order chi connectivity index (χ0) is 16.1. The van der Waals surface area contributed by atoms with Crippen LogP contribution >= 0.6 is 11.8 Å². The van der Waals surface area contributed by atoms with E-state index in [4.69, 9.17) is 13.6 Å². The first-order valence-corrected chi connectivity index (χ1v) is 7.91. The average Bonchev–Trinajstić information content (AvgIpc) is 3.25. The van der Waals surface area contributed by atoms with E-state index in [1.807, 2.05) is 30.3 Å². The summed E-state index contributed by atoms with van der Waals surface area (Å²) in [6.07, 6.45) is 1.53. The Hall–Kier alpha value is -2.54. The molecule has 1 atom stereocenters. The normalized spacial score (nSPS) is 12.0. The molecule has 3 rings (SSSR count). The van der Waals surface area contributed by atoms with Crippen molar-refractivity contribution in [3.8, 4) is 11.7 Å². The highest BCUT2D eigenvalue weighted by Gasteiger charge is 2.26. The van der Waals surface area contributed by atoms with Gasteiger partial charge in [-0.3, -0.25) is 4.79 Å². The summed E-state index contributed by atoms with van der Waals surface area (Å²) in [5.41, 5.74) is 0.814. The molecule has 6 nitrogen and oxygen atoms in total. The number of nitrogens with zero attached hydrogens (tertiary/aromatic N) is 2. The van der Waals surface area contributed by atoms with E-state index in [-0.39, 0.29) is 17.1 Å². The van der Waals surface area contributed by atoms with Gasteiger partial charge in [-0.15, -0.1) is 10.2 Å². The van der Waals surface area contributed by atoms with Crippen LogP contribution in [0.25, 0.3) is 11.7 Å². The van der Waals surface area contributed by atoms with Crippen molar-refractivity contribution in [2.75, 3.05) is 6.61 Å². The van der Waals surface area contributed by atoms with Crippen LogP contribution in [0.3, 0.4) is 0 Å². The van der Waals surface area contributed by atoms with E-state index in [1.165, 1.54) is 6.26 Å². The summed E-state index contributed by atoms with van der Waals surface area (Å²) in [5.74, 6) is 0.409. The van der Waals surface area contributed by atoms with Crippen molar-refractivity contribution in [2.24, 2.45) is 0 Å². The predicted octanol–water partition coefficient (Wildman–Crippen LogP) is 3.73. The molecular formula is C16H14N2O4S. The molecule has 0 aliphatic rings. The topological polar surface area (TPSA) is 78.4 Å². The molecule has 0 aliphatic carbocycles. The summed E-state index contributed by atoms with van der Waals surface area (Å²) >= 11 is 1.15. The summed E-state index contributed by atoms with van der Waals surface area (Å²) in [6.45, 7) is 2.08. The largest absolute Gasteiger partial charge is 0.465 e. The summed E-state index contributed by atoms with van der Waals surface area (Å²) < 4.78 is 15.9. The van der Waals surface area contributed by atoms with Crippen LogP contribution in [0, 0.1) is 0 Å². The first-order chi connectivity index (χ1) is 11.3. The van der Waals surface area contributed by atoms with Crippen molar-refractivity contribution in [3.63, 3.8) is 0 Å². The molecule has 2 aromatic heterocycles. The lowest BCUT2D eigenvalue weighted by atomic mass is 10.1. The Bertz CT molecular complexity index is 756. The van der Waals surface area contributed by atoms with Crippen LogP contribution in [0.4, 0.5) is 0 Å². The highest BCUT2D eigenvalue weighted by atomic mass is 32.2. The van der Waals surface area contributed by atoms with Crippen LogP contribution in [-0.4, -0.2) is 22.8 Å². The molecule has 0 saturated carbocycles. The summed E-state index contributed by atoms with van der Waals surface area (Å²) in [5, 5.41) is 7.59. The minimum absolute atomic E-state index is 0.271. The van der Waals surface area contributed by atoms with E-state index in [1.54, 1.807) is 19.1 Å². The van der Waals surface area contributed by atoms with Gasteiger partial charge in [0.1, 0.15) is 5.25 Å². The van der Waals surface area contributed by atoms with Gasteiger partial charge in [0, 0.05) is 0 Å². The number of benzene rings is 1. The second-order valence-corrected chi connectivity index (χ2v) is 5.57. The van der Waals surface area contributed by atoms with Crippen LogP contribution < -0.4 is 0 Å². The van der Waals surface area contributed by atoms with Gasteiger partial charge < -0.3 is 13.6 Å². The summed E-state index contributed by atoms with van der Waals surface area (Å²) in [6, 6.07) is 12.8.